The Morgan fingerprint density at radius 2 is 1.63 bits per heavy atom. The van der Waals surface area contributed by atoms with Crippen LogP contribution in [-0.2, 0) is 36.9 Å². The topological polar surface area (TPSA) is 273 Å². The van der Waals surface area contributed by atoms with Gasteiger partial charge in [0.1, 0.15) is 20.8 Å². The molecule has 0 fully saturated rings. The van der Waals surface area contributed by atoms with E-state index in [0.717, 1.165) is 0 Å². The van der Waals surface area contributed by atoms with Crippen LogP contribution in [0, 0.1) is 0 Å². The van der Waals surface area contributed by atoms with Crippen LogP contribution in [-0.4, -0.2) is 154 Å². The predicted molar refractivity (Wildman–Crippen MR) is 238 cm³/mol. The van der Waals surface area contributed by atoms with Crippen molar-refractivity contribution in [3.8, 4) is 28.8 Å². The molecule has 0 atom stereocenters. The summed E-state index contributed by atoms with van der Waals surface area (Å²) in [6.07, 6.45) is 4.03. The molecule has 1 aliphatic heterocycles. The number of aromatic nitrogens is 5. The quantitative estimate of drug-likeness (QED) is 0.0478. The van der Waals surface area contributed by atoms with Crippen LogP contribution in [0.4, 0.5) is 11.6 Å². The van der Waals surface area contributed by atoms with Crippen molar-refractivity contribution in [1.29, 1.82) is 0 Å². The maximum absolute atomic E-state index is 12.8. The van der Waals surface area contributed by atoms with E-state index in [1.165, 1.54) is 62.8 Å². The summed E-state index contributed by atoms with van der Waals surface area (Å²) in [5.41, 5.74) is 3.20. The molecule has 2 heterocycles. The number of ether oxygens (including phenoxy) is 2. The van der Waals surface area contributed by atoms with Crippen LogP contribution < -0.4 is 29.7 Å². The molecule has 0 spiro atoms. The van der Waals surface area contributed by atoms with Crippen molar-refractivity contribution in [3.63, 3.8) is 0 Å². The number of halogens is 1. The summed E-state index contributed by atoms with van der Waals surface area (Å²) in [5, 5.41) is 2.84. The minimum atomic E-state index is -4.80. The van der Waals surface area contributed by atoms with Gasteiger partial charge in [-0.1, -0.05) is 16.8 Å². The Kier molecular flexibility index (Phi) is 15.7. The molecular weight excluding hydrogens is 922 g/mol. The Hall–Kier alpha value is -4.20. The Bertz CT molecular complexity index is 3270. The summed E-state index contributed by atoms with van der Waals surface area (Å²) >= 11 is 5.95. The zero-order valence-electron chi connectivity index (χ0n) is 34.0. The second kappa shape index (κ2) is 19.9. The van der Waals surface area contributed by atoms with Crippen molar-refractivity contribution in [2.75, 3.05) is 31.0 Å². The van der Waals surface area contributed by atoms with E-state index in [1.54, 1.807) is 53.1 Å². The fourth-order valence-corrected chi connectivity index (χ4v) is 8.47. The molecule has 0 bridgehead atoms. The third-order valence-corrected chi connectivity index (χ3v) is 11.9. The molecule has 0 saturated heterocycles. The predicted octanol–water partition coefficient (Wildman–Crippen LogP) is 2.78. The van der Waals surface area contributed by atoms with Gasteiger partial charge in [0, 0.05) is 101 Å². The van der Waals surface area contributed by atoms with E-state index in [4.69, 9.17) is 26.1 Å². The number of anilines is 2. The molecule has 0 unspecified atom stereocenters. The third kappa shape index (κ3) is 11.4. The third-order valence-electron chi connectivity index (χ3n) is 9.15. The van der Waals surface area contributed by atoms with Gasteiger partial charge < -0.3 is 28.8 Å². The molecule has 63 heavy (non-hydrogen) atoms. The molecule has 25 heteroatoms. The van der Waals surface area contributed by atoms with Crippen LogP contribution in [0.5, 0.6) is 11.8 Å². The van der Waals surface area contributed by atoms with E-state index in [1.807, 2.05) is 11.8 Å². The monoisotopic (exact) mass is 954 g/mol. The Morgan fingerprint density at radius 1 is 0.873 bits per heavy atom. The normalized spacial score (nSPS) is 12.9. The van der Waals surface area contributed by atoms with Crippen molar-refractivity contribution in [2.45, 2.75) is 23.3 Å². The fourth-order valence-electron chi connectivity index (χ4n) is 6.43. The number of methoxy groups -OCH3 is 2. The first kappa shape index (κ1) is 49.8. The van der Waals surface area contributed by atoms with Crippen molar-refractivity contribution < 1.29 is 48.7 Å². The molecular formula is C38H33ClN8Na2O11S3. The maximum atomic E-state index is 12.8. The summed E-state index contributed by atoms with van der Waals surface area (Å²) in [7, 11) is -11.6. The standard InChI is InChI=1S/C38H33ClN8O11S3.2Na/c1-4-46(21-22-6-5-7-27(16-22)59(48,49)50)25-10-14-29-32(19-25)47(26-11-15-33(57-2)35(20-26)61(54,55)56)31-17-23(8-12-28(31)42-29)40-30-13-9-24(18-34(30)60(51,52)53)41-37-43-36(39)44-38(45-37)58-3;;/h5-20H,4,21H2,1-3H3,(H4,41,42,43,44,45,48,49,50,51,52,53,54,55,56);;. The molecule has 2 radical (unpaired) electrons. The maximum Gasteiger partial charge on any atom is 0.347 e. The van der Waals surface area contributed by atoms with Gasteiger partial charge in [-0.15, -0.1) is 0 Å². The molecule has 0 amide bonds. The number of allylic oxidation sites excluding steroid dienone is 3. The Balaban J connectivity index is 0.00000374. The molecule has 3 aromatic carbocycles. The van der Waals surface area contributed by atoms with Crippen LogP contribution >= 0.6 is 11.6 Å². The van der Waals surface area contributed by atoms with Gasteiger partial charge in [0.2, 0.25) is 21.3 Å². The van der Waals surface area contributed by atoms with Crippen molar-refractivity contribution in [3.05, 3.63) is 119 Å². The van der Waals surface area contributed by atoms with Gasteiger partial charge in [0.25, 0.3) is 10.1 Å². The second-order valence-corrected chi connectivity index (χ2v) is 17.6. The van der Waals surface area contributed by atoms with Gasteiger partial charge in [0.05, 0.1) is 47.6 Å². The van der Waals surface area contributed by atoms with Crippen LogP contribution in [0.25, 0.3) is 28.1 Å². The number of fused-ring (bicyclic) bond motifs is 2. The second-order valence-electron chi connectivity index (χ2n) is 13.0. The van der Waals surface area contributed by atoms with Gasteiger partial charge >= 0.3 is 17.1 Å². The van der Waals surface area contributed by atoms with Gasteiger partial charge in [-0.25, -0.2) is 17.6 Å². The molecule has 1 aromatic heterocycles. The van der Waals surface area contributed by atoms with Gasteiger partial charge in [-0.2, -0.15) is 23.4 Å². The molecule has 4 aromatic rings. The molecule has 7 rings (SSSR count). The van der Waals surface area contributed by atoms with E-state index >= 15 is 0 Å². The van der Waals surface area contributed by atoms with Crippen LogP contribution in [0.2, 0.25) is 5.28 Å². The Labute approximate surface area is 410 Å². The number of benzene rings is 4. The minimum absolute atomic E-state index is 0. The zero-order valence-corrected chi connectivity index (χ0v) is 41.2. The van der Waals surface area contributed by atoms with E-state index < -0.39 is 40.1 Å². The average Bonchev–Trinajstić information content (AvgIpc) is 3.21. The van der Waals surface area contributed by atoms with Gasteiger partial charge in [-0.3, -0.25) is 13.7 Å². The Morgan fingerprint density at radius 3 is 2.30 bits per heavy atom. The molecule has 3 aliphatic rings. The first-order valence-corrected chi connectivity index (χ1v) is 22.4. The van der Waals surface area contributed by atoms with Crippen LogP contribution in [0.15, 0.2) is 113 Å². The first-order valence-electron chi connectivity index (χ1n) is 17.7. The fraction of sp³-hybridized carbons (Fsp3) is 0.132. The van der Waals surface area contributed by atoms with Crippen molar-refractivity contribution >= 4 is 134 Å². The van der Waals surface area contributed by atoms with Crippen molar-refractivity contribution in [1.82, 2.24) is 29.2 Å². The molecule has 0 saturated carbocycles. The number of rotatable bonds is 11. The van der Waals surface area contributed by atoms with E-state index in [9.17, 15) is 39.3 Å². The molecule has 19 nitrogen and oxygen atoms in total. The average molecular weight is 955 g/mol. The zero-order chi connectivity index (χ0) is 43.9. The number of hydrogen-bond acceptors (Lipinski definition) is 14. The largest absolute Gasteiger partial charge is 0.744 e. The van der Waals surface area contributed by atoms with E-state index in [2.05, 4.69) is 24.9 Å². The van der Waals surface area contributed by atoms with Crippen molar-refractivity contribution in [2.24, 2.45) is 0 Å². The first-order chi connectivity index (χ1) is 28.8. The summed E-state index contributed by atoms with van der Waals surface area (Å²) in [6, 6.07) is 19.9. The van der Waals surface area contributed by atoms with Gasteiger partial charge in [-0.05, 0) is 90.8 Å². The SMILES string of the molecule is CCN(Cc1cccc(S(=O)(=O)[O-])c1)c1ccc2nc3ccc(=[N+]=C4C=CC(Nc5nc(Cl)nc(OC)n5)=CC4=S(=O)(O)O)cc-3n(-c3ccc(OC)c(S(=O)(=O)O)c3)c2c1.[Na].[Na]. The van der Waals surface area contributed by atoms with Gasteiger partial charge in [0.15, 0.2) is 4.86 Å². The number of nitrogens with zero attached hydrogens (tertiary/aromatic N) is 7. The molecule has 318 valence electrons. The smallest absolute Gasteiger partial charge is 0.347 e. The number of nitrogens with one attached hydrogen (secondary N) is 1. The summed E-state index contributed by atoms with van der Waals surface area (Å²) in [4.78, 5) is 17.2. The van der Waals surface area contributed by atoms with Crippen LogP contribution in [0.3, 0.4) is 0 Å². The van der Waals surface area contributed by atoms with E-state index in [-0.39, 0.29) is 116 Å². The number of hydrogen-bond donors (Lipinski definition) is 4. The summed E-state index contributed by atoms with van der Waals surface area (Å²) < 4.78 is 121. The van der Waals surface area contributed by atoms with Crippen LogP contribution in [0.1, 0.15) is 12.5 Å². The van der Waals surface area contributed by atoms with E-state index in [0.29, 0.717) is 40.2 Å². The summed E-state index contributed by atoms with van der Waals surface area (Å²) in [5.74, 6) is -0.177. The molecule has 4 N–H and O–H groups in total. The summed E-state index contributed by atoms with van der Waals surface area (Å²) in [6.45, 7) is 2.53. The minimum Gasteiger partial charge on any atom is -0.744 e. The molecule has 2 aliphatic carbocycles.